The molecule has 1 aromatic heterocycles. The van der Waals surface area contributed by atoms with Crippen LogP contribution in [0.1, 0.15) is 28.5 Å². The summed E-state index contributed by atoms with van der Waals surface area (Å²) in [5.41, 5.74) is 7.24. The highest BCUT2D eigenvalue weighted by atomic mass is 32.2. The summed E-state index contributed by atoms with van der Waals surface area (Å²) in [6.07, 6.45) is 0. The van der Waals surface area contributed by atoms with E-state index < -0.39 is 0 Å². The van der Waals surface area contributed by atoms with Crippen molar-refractivity contribution in [1.29, 1.82) is 5.26 Å². The van der Waals surface area contributed by atoms with E-state index in [9.17, 15) is 10.1 Å². The maximum atomic E-state index is 12.5. The lowest BCUT2D eigenvalue weighted by atomic mass is 10.2. The van der Waals surface area contributed by atoms with E-state index in [0.717, 1.165) is 10.5 Å². The van der Waals surface area contributed by atoms with Crippen LogP contribution in [0, 0.1) is 11.3 Å². The second kappa shape index (κ2) is 9.62. The Morgan fingerprint density at radius 3 is 2.52 bits per heavy atom. The fourth-order valence-electron chi connectivity index (χ4n) is 2.58. The minimum atomic E-state index is -0.384. The van der Waals surface area contributed by atoms with Gasteiger partial charge in [0, 0.05) is 16.3 Å². The molecule has 3 aromatic rings. The molecule has 0 bridgehead atoms. The van der Waals surface area contributed by atoms with Crippen molar-refractivity contribution < 1.29 is 9.53 Å². The third-order valence-electron chi connectivity index (χ3n) is 4.00. The van der Waals surface area contributed by atoms with E-state index in [2.05, 4.69) is 22.4 Å². The van der Waals surface area contributed by atoms with Gasteiger partial charge in [0.1, 0.15) is 17.3 Å². The van der Waals surface area contributed by atoms with Gasteiger partial charge in [-0.15, -0.1) is 0 Å². The molecule has 0 atom stereocenters. The minimum Gasteiger partial charge on any atom is -0.477 e. The van der Waals surface area contributed by atoms with E-state index in [4.69, 9.17) is 10.5 Å². The summed E-state index contributed by atoms with van der Waals surface area (Å²) < 4.78 is 5.33. The molecule has 0 aliphatic rings. The molecular formula is C22H20N4O2S. The molecule has 146 valence electrons. The van der Waals surface area contributed by atoms with Crippen LogP contribution in [-0.2, 0) is 6.54 Å². The first-order valence-electron chi connectivity index (χ1n) is 9.04. The van der Waals surface area contributed by atoms with Crippen molar-refractivity contribution in [3.8, 4) is 11.9 Å². The third-order valence-corrected chi connectivity index (χ3v) is 5.01. The van der Waals surface area contributed by atoms with E-state index in [1.807, 2.05) is 48.5 Å². The molecule has 2 aromatic carbocycles. The van der Waals surface area contributed by atoms with E-state index in [-0.39, 0.29) is 28.7 Å². The zero-order chi connectivity index (χ0) is 20.6. The number of nitrogens with zero attached hydrogens (tertiary/aromatic N) is 2. The van der Waals surface area contributed by atoms with Crippen LogP contribution in [0.4, 0.5) is 5.69 Å². The maximum absolute atomic E-state index is 12.5. The van der Waals surface area contributed by atoms with Gasteiger partial charge in [0.25, 0.3) is 5.91 Å². The van der Waals surface area contributed by atoms with Gasteiger partial charge in [-0.2, -0.15) is 5.26 Å². The summed E-state index contributed by atoms with van der Waals surface area (Å²) in [7, 11) is 0. The minimum absolute atomic E-state index is 0.0717. The lowest BCUT2D eigenvalue weighted by Gasteiger charge is -2.10. The number of ether oxygens (including phenoxy) is 1. The van der Waals surface area contributed by atoms with Gasteiger partial charge in [-0.3, -0.25) is 4.79 Å². The van der Waals surface area contributed by atoms with Gasteiger partial charge < -0.3 is 15.8 Å². The molecule has 3 rings (SSSR count). The topological polar surface area (TPSA) is 101 Å². The molecule has 0 spiro atoms. The molecule has 6 nitrogen and oxygen atoms in total. The van der Waals surface area contributed by atoms with Gasteiger partial charge >= 0.3 is 0 Å². The van der Waals surface area contributed by atoms with Gasteiger partial charge in [0.2, 0.25) is 5.88 Å². The molecule has 29 heavy (non-hydrogen) atoms. The fraction of sp³-hybridized carbons (Fsp3) is 0.136. The van der Waals surface area contributed by atoms with Crippen molar-refractivity contribution >= 4 is 23.4 Å². The lowest BCUT2D eigenvalue weighted by Crippen LogP contribution is -2.24. The molecule has 1 heterocycles. The van der Waals surface area contributed by atoms with Crippen LogP contribution in [0.2, 0.25) is 0 Å². The number of carbonyl (C=O) groups excluding carboxylic acids is 1. The maximum Gasteiger partial charge on any atom is 0.270 e. The third kappa shape index (κ3) is 5.27. The van der Waals surface area contributed by atoms with Crippen molar-refractivity contribution in [2.45, 2.75) is 23.3 Å². The first-order valence-corrected chi connectivity index (χ1v) is 9.85. The first-order chi connectivity index (χ1) is 14.1. The zero-order valence-corrected chi connectivity index (χ0v) is 16.7. The van der Waals surface area contributed by atoms with Gasteiger partial charge in [-0.1, -0.05) is 42.1 Å². The molecule has 3 N–H and O–H groups in total. The Morgan fingerprint density at radius 2 is 1.86 bits per heavy atom. The number of anilines is 1. The van der Waals surface area contributed by atoms with Crippen molar-refractivity contribution in [2.75, 3.05) is 12.3 Å². The molecule has 0 radical (unpaired) electrons. The number of nitriles is 1. The van der Waals surface area contributed by atoms with Crippen LogP contribution in [0.25, 0.3) is 0 Å². The number of rotatable bonds is 7. The van der Waals surface area contributed by atoms with Crippen molar-refractivity contribution in [3.05, 3.63) is 77.5 Å². The van der Waals surface area contributed by atoms with E-state index in [1.54, 1.807) is 18.7 Å². The number of nitrogens with one attached hydrogen (secondary N) is 1. The Morgan fingerprint density at radius 1 is 1.17 bits per heavy atom. The number of nitrogen functional groups attached to an aromatic ring is 1. The largest absolute Gasteiger partial charge is 0.477 e. The number of amides is 1. The summed E-state index contributed by atoms with van der Waals surface area (Å²) >= 11 is 1.68. The van der Waals surface area contributed by atoms with Crippen molar-refractivity contribution in [2.24, 2.45) is 0 Å². The predicted molar refractivity (Wildman–Crippen MR) is 113 cm³/mol. The number of carbonyl (C=O) groups is 1. The van der Waals surface area contributed by atoms with Crippen LogP contribution in [0.3, 0.4) is 0 Å². The second-order valence-electron chi connectivity index (χ2n) is 6.06. The number of hydrogen-bond acceptors (Lipinski definition) is 6. The first kappa shape index (κ1) is 20.2. The van der Waals surface area contributed by atoms with Gasteiger partial charge in [0.05, 0.1) is 12.3 Å². The van der Waals surface area contributed by atoms with Crippen LogP contribution < -0.4 is 15.8 Å². The molecule has 0 fully saturated rings. The molecule has 0 aliphatic heterocycles. The van der Waals surface area contributed by atoms with Crippen LogP contribution in [0.15, 0.2) is 70.5 Å². The Hall–Kier alpha value is -3.50. The van der Waals surface area contributed by atoms with Gasteiger partial charge in [0.15, 0.2) is 0 Å². The number of hydrogen-bond donors (Lipinski definition) is 2. The summed E-state index contributed by atoms with van der Waals surface area (Å²) in [5, 5.41) is 12.0. The van der Waals surface area contributed by atoms with Crippen molar-refractivity contribution in [3.63, 3.8) is 0 Å². The normalized spacial score (nSPS) is 10.2. The monoisotopic (exact) mass is 404 g/mol. The average molecular weight is 404 g/mol. The van der Waals surface area contributed by atoms with E-state index >= 15 is 0 Å². The summed E-state index contributed by atoms with van der Waals surface area (Å²) in [6, 6.07) is 21.4. The Labute approximate surface area is 173 Å². The molecular weight excluding hydrogens is 384 g/mol. The highest BCUT2D eigenvalue weighted by Crippen LogP contribution is 2.27. The SMILES string of the molecule is CCOc1nc(C(=O)NCc2ccc(Sc3ccccc3)cc2)cc(N)c1C#N. The summed E-state index contributed by atoms with van der Waals surface area (Å²) in [4.78, 5) is 18.9. The summed E-state index contributed by atoms with van der Waals surface area (Å²) in [6.45, 7) is 2.44. The molecule has 0 aliphatic carbocycles. The zero-order valence-electron chi connectivity index (χ0n) is 15.9. The van der Waals surface area contributed by atoms with Crippen LogP contribution in [0.5, 0.6) is 5.88 Å². The number of aromatic nitrogens is 1. The smallest absolute Gasteiger partial charge is 0.270 e. The Kier molecular flexibility index (Phi) is 6.72. The fourth-order valence-corrected chi connectivity index (χ4v) is 3.42. The van der Waals surface area contributed by atoms with Crippen LogP contribution >= 0.6 is 11.8 Å². The molecule has 1 amide bonds. The number of pyridine rings is 1. The van der Waals surface area contributed by atoms with E-state index in [1.165, 1.54) is 11.0 Å². The predicted octanol–water partition coefficient (Wildman–Crippen LogP) is 4.02. The van der Waals surface area contributed by atoms with E-state index in [0.29, 0.717) is 13.2 Å². The molecule has 7 heteroatoms. The van der Waals surface area contributed by atoms with Crippen molar-refractivity contribution in [1.82, 2.24) is 10.3 Å². The Balaban J connectivity index is 1.64. The van der Waals surface area contributed by atoms with Crippen LogP contribution in [-0.4, -0.2) is 17.5 Å². The quantitative estimate of drug-likeness (QED) is 0.617. The highest BCUT2D eigenvalue weighted by Gasteiger charge is 2.16. The molecule has 0 saturated carbocycles. The summed E-state index contributed by atoms with van der Waals surface area (Å²) in [5.74, 6) is -0.313. The van der Waals surface area contributed by atoms with Gasteiger partial charge in [-0.05, 0) is 42.8 Å². The standard InChI is InChI=1S/C22H20N4O2S/c1-2-28-22-18(13-23)19(24)12-20(26-22)21(27)25-14-15-8-10-17(11-9-15)29-16-6-4-3-5-7-16/h3-12H,2,14H2,1H3,(H2,24,26)(H,25,27). The second-order valence-corrected chi connectivity index (χ2v) is 7.21. The number of nitrogens with two attached hydrogens (primary N) is 1. The average Bonchev–Trinajstić information content (AvgIpc) is 2.74. The Bertz CT molecular complexity index is 1030. The lowest BCUT2D eigenvalue weighted by molar-refractivity contribution is 0.0945. The molecule has 0 saturated heterocycles. The van der Waals surface area contributed by atoms with Gasteiger partial charge in [-0.25, -0.2) is 4.98 Å². The number of benzene rings is 2. The highest BCUT2D eigenvalue weighted by molar-refractivity contribution is 7.99. The molecule has 0 unspecified atom stereocenters.